The zero-order valence-electron chi connectivity index (χ0n) is 4.39. The molecule has 0 bridgehead atoms. The van der Waals surface area contributed by atoms with Crippen LogP contribution in [0.5, 0.6) is 0 Å². The zero-order valence-corrected chi connectivity index (χ0v) is 13.2. The molecule has 7 N–H and O–H groups in total. The summed E-state index contributed by atoms with van der Waals surface area (Å²) in [6.45, 7) is 0. The molecule has 0 saturated carbocycles. The molecule has 7 heavy (non-hydrogen) atoms. The Bertz CT molecular complexity index is 9.65. The van der Waals surface area contributed by atoms with Crippen LogP contribution in [0.15, 0.2) is 0 Å². The van der Waals surface area contributed by atoms with Gasteiger partial charge < -0.3 is 21.9 Å². The van der Waals surface area contributed by atoms with Crippen LogP contribution in [-0.4, -0.2) is 149 Å². The summed E-state index contributed by atoms with van der Waals surface area (Å²) in [7, 11) is 0. The van der Waals surface area contributed by atoms with Crippen molar-refractivity contribution in [2.24, 2.45) is 0 Å². The molecular weight excluding hydrogens is 264 g/mol. The quantitative estimate of drug-likeness (QED) is 0.412. The first-order chi connectivity index (χ1) is 0. The van der Waals surface area contributed by atoms with Gasteiger partial charge in [0.1, 0.15) is 0 Å². The van der Waals surface area contributed by atoms with E-state index in [2.05, 4.69) is 0 Å². The van der Waals surface area contributed by atoms with Crippen molar-refractivity contribution in [3.63, 3.8) is 0 Å². The molecule has 0 aromatic heterocycles. The topological polar surface area (TPSA) is 124 Å². The molecule has 0 heterocycles. The molecule has 0 aliphatic rings. The molecule has 7 heteroatoms. The van der Waals surface area contributed by atoms with Crippen LogP contribution < -0.4 is 0 Å². The van der Waals surface area contributed by atoms with Crippen molar-refractivity contribution < 1.29 is 21.9 Å². The normalized spacial score (nSPS) is 0. The third-order valence-corrected chi connectivity index (χ3v) is 0. The molecule has 4 nitrogen and oxygen atoms in total. The van der Waals surface area contributed by atoms with E-state index < -0.39 is 0 Å². The monoisotopic (exact) mass is 270 g/mol. The first kappa shape index (κ1) is 69.8. The fourth-order valence-electron chi connectivity index (χ4n) is 0. The Morgan fingerprint density at radius 1 is 0.571 bits per heavy atom. The van der Waals surface area contributed by atoms with Gasteiger partial charge in [-0.15, -0.1) is 0 Å². The maximum absolute atomic E-state index is 0. The molecule has 0 amide bonds. The van der Waals surface area contributed by atoms with Gasteiger partial charge in [-0.2, -0.15) is 0 Å². The second-order valence-corrected chi connectivity index (χ2v) is 0. The van der Waals surface area contributed by atoms with Crippen molar-refractivity contribution in [3.05, 3.63) is 0 Å². The summed E-state index contributed by atoms with van der Waals surface area (Å²) < 4.78 is 0. The van der Waals surface area contributed by atoms with Crippen LogP contribution in [0.3, 0.4) is 0 Å². The van der Waals surface area contributed by atoms with Crippen molar-refractivity contribution in [2.45, 2.75) is 0 Å². The summed E-state index contributed by atoms with van der Waals surface area (Å²) in [6.07, 6.45) is 0. The average Bonchev–Trinajstić information content (AvgIpc) is 0. The minimum Gasteiger partial charge on any atom is -0.870 e. The van der Waals surface area contributed by atoms with Crippen molar-refractivity contribution >= 4 is 127 Å². The summed E-state index contributed by atoms with van der Waals surface area (Å²) >= 11 is 0. The largest absolute Gasteiger partial charge is 0.870 e. The predicted octanol–water partition coefficient (Wildman–Crippen LogP) is -3.79. The van der Waals surface area contributed by atoms with E-state index in [1.54, 1.807) is 0 Å². The molecule has 5 radical (unpaired) electrons. The van der Waals surface area contributed by atoms with Gasteiger partial charge >= 0.3 is 0 Å². The first-order valence-corrected chi connectivity index (χ1v) is 0. The maximum atomic E-state index is 0. The number of rotatable bonds is 0. The van der Waals surface area contributed by atoms with E-state index in [0.717, 1.165) is 0 Å². The second-order valence-electron chi connectivity index (χ2n) is 0. The second kappa shape index (κ2) is 51.3. The predicted molar refractivity (Wildman–Crippen MR) is 30.0 cm³/mol. The van der Waals surface area contributed by atoms with Crippen LogP contribution >= 0.6 is 0 Å². The Labute approximate surface area is 145 Å². The summed E-state index contributed by atoms with van der Waals surface area (Å²) in [5, 5.41) is 0. The van der Waals surface area contributed by atoms with Gasteiger partial charge in [0.15, 0.2) is 0 Å². The summed E-state index contributed by atoms with van der Waals surface area (Å²) in [6, 6.07) is 0. The van der Waals surface area contributed by atoms with E-state index in [1.807, 2.05) is 0 Å². The van der Waals surface area contributed by atoms with Crippen LogP contribution in [0, 0.1) is 0 Å². The van der Waals surface area contributed by atoms with Crippen LogP contribution in [-0.2, 0) is 0 Å². The summed E-state index contributed by atoms with van der Waals surface area (Å²) in [5.74, 6) is 0. The maximum Gasteiger partial charge on any atom is 0 e. The Morgan fingerprint density at radius 3 is 0.571 bits per heavy atom. The molecule has 0 unspecified atom stereocenters. The minimum atomic E-state index is 0. The van der Waals surface area contributed by atoms with Gasteiger partial charge in [-0.1, -0.05) is 0 Å². The third kappa shape index (κ3) is 40.4. The smallest absolute Gasteiger partial charge is 0 e. The zero-order chi connectivity index (χ0) is 0. The average molecular weight is 271 g/mol. The Hall–Kier alpha value is 3.93. The van der Waals surface area contributed by atoms with Gasteiger partial charge in [0.05, 0.1) is 0 Å². The molecular formula is H7K2O4Sb-. The summed E-state index contributed by atoms with van der Waals surface area (Å²) in [4.78, 5) is 0. The van der Waals surface area contributed by atoms with Crippen LogP contribution in [0.25, 0.3) is 0 Å². The third-order valence-electron chi connectivity index (χ3n) is 0. The Morgan fingerprint density at radius 2 is 0.571 bits per heavy atom. The molecule has 39 valence electrons. The molecule has 0 saturated heterocycles. The molecule has 0 spiro atoms. The minimum absolute atomic E-state index is 0. The van der Waals surface area contributed by atoms with Gasteiger partial charge in [-0.25, -0.2) is 0 Å². The first-order valence-electron chi connectivity index (χ1n) is 0. The van der Waals surface area contributed by atoms with Gasteiger partial charge in [-0.05, 0) is 0 Å². The standard InChI is InChI=1S/2K.4H2O.Sb/h;;4*1H2;/p-1. The van der Waals surface area contributed by atoms with Crippen LogP contribution in [0.1, 0.15) is 0 Å². The van der Waals surface area contributed by atoms with E-state index in [-0.39, 0.29) is 149 Å². The van der Waals surface area contributed by atoms with Gasteiger partial charge in [0.2, 0.25) is 0 Å². The van der Waals surface area contributed by atoms with Crippen LogP contribution in [0.2, 0.25) is 0 Å². The van der Waals surface area contributed by atoms with Crippen molar-refractivity contribution in [3.8, 4) is 0 Å². The molecule has 0 fully saturated rings. The van der Waals surface area contributed by atoms with E-state index >= 15 is 0 Å². The van der Waals surface area contributed by atoms with E-state index in [1.165, 1.54) is 0 Å². The molecule has 0 aliphatic heterocycles. The van der Waals surface area contributed by atoms with Crippen LogP contribution in [0.4, 0.5) is 0 Å². The molecule has 0 rings (SSSR count). The van der Waals surface area contributed by atoms with E-state index in [4.69, 9.17) is 0 Å². The van der Waals surface area contributed by atoms with Gasteiger partial charge in [-0.3, -0.25) is 0 Å². The van der Waals surface area contributed by atoms with Gasteiger partial charge in [0, 0.05) is 127 Å². The fraction of sp³-hybridized carbons (Fsp3) is 0. The van der Waals surface area contributed by atoms with Gasteiger partial charge in [0.25, 0.3) is 0 Å². The molecule has 0 atom stereocenters. The van der Waals surface area contributed by atoms with Crippen molar-refractivity contribution in [1.29, 1.82) is 0 Å². The fourth-order valence-corrected chi connectivity index (χ4v) is 0. The van der Waals surface area contributed by atoms with Crippen molar-refractivity contribution in [2.75, 3.05) is 0 Å². The Balaban J connectivity index is 0. The Kier molecular flexibility index (Phi) is 511. The van der Waals surface area contributed by atoms with Crippen molar-refractivity contribution in [1.82, 2.24) is 0 Å². The number of hydrogen-bond donors (Lipinski definition) is 0. The van der Waals surface area contributed by atoms with E-state index in [9.17, 15) is 0 Å². The number of hydrogen-bond acceptors (Lipinski definition) is 1. The molecule has 0 aliphatic carbocycles. The SMILES string of the molecule is O.O.O.[K].[K].[OH-].[Sb]. The van der Waals surface area contributed by atoms with E-state index in [0.29, 0.717) is 0 Å². The molecule has 0 aromatic rings. The molecule has 0 aromatic carbocycles. The summed E-state index contributed by atoms with van der Waals surface area (Å²) in [5.41, 5.74) is 0.